The molecule has 1 N–H and O–H groups in total. The van der Waals surface area contributed by atoms with Crippen molar-refractivity contribution in [3.8, 4) is 0 Å². The molecule has 3 aromatic carbocycles. The van der Waals surface area contributed by atoms with E-state index in [0.717, 1.165) is 22.3 Å². The lowest BCUT2D eigenvalue weighted by molar-refractivity contribution is -0.124. The normalized spacial score (nSPS) is 28.3. The van der Waals surface area contributed by atoms with E-state index in [1.807, 2.05) is 48.5 Å². The Morgan fingerprint density at radius 3 is 2.00 bits per heavy atom. The van der Waals surface area contributed by atoms with Gasteiger partial charge in [0.15, 0.2) is 0 Å². The van der Waals surface area contributed by atoms with Crippen molar-refractivity contribution in [1.29, 1.82) is 0 Å². The molecule has 1 fully saturated rings. The van der Waals surface area contributed by atoms with Gasteiger partial charge in [0, 0.05) is 5.92 Å². The van der Waals surface area contributed by atoms with Crippen LogP contribution in [0.4, 0.5) is 5.69 Å². The van der Waals surface area contributed by atoms with Crippen molar-refractivity contribution in [3.63, 3.8) is 0 Å². The van der Waals surface area contributed by atoms with E-state index in [9.17, 15) is 14.7 Å². The standard InChI is InChI=1S/C25H18ClNO3/c26-18-11-5-6-12-19(18)27-23(29)21-20-14-7-1-3-9-16(14)25(13-28,22(21)24(27)30)17-10-4-2-8-15(17)20/h1-12,20-22,28H,13H2/t20?,21-,22-,25?/m0/s1. The first-order valence-corrected chi connectivity index (χ1v) is 10.4. The zero-order valence-corrected chi connectivity index (χ0v) is 16.7. The molecule has 0 saturated carbocycles. The third kappa shape index (κ3) is 1.91. The summed E-state index contributed by atoms with van der Waals surface area (Å²) < 4.78 is 0. The number of hydrogen-bond donors (Lipinski definition) is 1. The molecule has 0 aromatic heterocycles. The van der Waals surface area contributed by atoms with Gasteiger partial charge in [0.05, 0.1) is 34.6 Å². The third-order valence-electron chi connectivity index (χ3n) is 7.14. The maximum Gasteiger partial charge on any atom is 0.239 e. The van der Waals surface area contributed by atoms with Crippen LogP contribution in [0.1, 0.15) is 28.2 Å². The molecule has 3 aromatic rings. The summed E-state index contributed by atoms with van der Waals surface area (Å²) in [6.07, 6.45) is 0. The molecule has 148 valence electrons. The summed E-state index contributed by atoms with van der Waals surface area (Å²) in [7, 11) is 0. The number of aliphatic hydroxyl groups excluding tert-OH is 1. The summed E-state index contributed by atoms with van der Waals surface area (Å²) in [6.45, 7) is -0.246. The van der Waals surface area contributed by atoms with Crippen LogP contribution in [-0.2, 0) is 15.0 Å². The predicted molar refractivity (Wildman–Crippen MR) is 114 cm³/mol. The quantitative estimate of drug-likeness (QED) is 0.646. The summed E-state index contributed by atoms with van der Waals surface area (Å²) in [5.74, 6) is -1.99. The van der Waals surface area contributed by atoms with Gasteiger partial charge in [0.1, 0.15) is 0 Å². The lowest BCUT2D eigenvalue weighted by Gasteiger charge is -2.53. The Morgan fingerprint density at radius 1 is 0.833 bits per heavy atom. The number of aliphatic hydroxyl groups is 1. The molecular formula is C25H18ClNO3. The number of imide groups is 1. The van der Waals surface area contributed by atoms with E-state index in [1.54, 1.807) is 24.3 Å². The Labute approximate surface area is 178 Å². The average molecular weight is 416 g/mol. The van der Waals surface area contributed by atoms with Crippen LogP contribution >= 0.6 is 11.6 Å². The van der Waals surface area contributed by atoms with Crippen molar-refractivity contribution in [2.24, 2.45) is 11.8 Å². The van der Waals surface area contributed by atoms with E-state index < -0.39 is 17.3 Å². The van der Waals surface area contributed by atoms with E-state index in [1.165, 1.54) is 4.90 Å². The molecule has 3 aliphatic carbocycles. The van der Waals surface area contributed by atoms with Crippen molar-refractivity contribution in [2.45, 2.75) is 11.3 Å². The van der Waals surface area contributed by atoms with Crippen LogP contribution in [0, 0.1) is 11.8 Å². The van der Waals surface area contributed by atoms with Crippen LogP contribution in [-0.4, -0.2) is 23.5 Å². The number of nitrogens with zero attached hydrogens (tertiary/aromatic N) is 1. The van der Waals surface area contributed by atoms with Crippen molar-refractivity contribution in [3.05, 3.63) is 100 Å². The summed E-state index contributed by atoms with van der Waals surface area (Å²) in [5, 5.41) is 11.2. The van der Waals surface area contributed by atoms with Gasteiger partial charge in [0.25, 0.3) is 0 Å². The topological polar surface area (TPSA) is 57.6 Å². The second-order valence-corrected chi connectivity index (χ2v) is 8.66. The van der Waals surface area contributed by atoms with Crippen LogP contribution in [0.3, 0.4) is 0 Å². The summed E-state index contributed by atoms with van der Waals surface area (Å²) >= 11 is 6.37. The number of carbonyl (C=O) groups excluding carboxylic acids is 2. The average Bonchev–Trinajstić information content (AvgIpc) is 3.05. The van der Waals surface area contributed by atoms with Crippen molar-refractivity contribution in [1.82, 2.24) is 0 Å². The van der Waals surface area contributed by atoms with Gasteiger partial charge in [-0.3, -0.25) is 9.59 Å². The molecule has 4 aliphatic rings. The molecule has 30 heavy (non-hydrogen) atoms. The SMILES string of the molecule is O=C1[C@@H]2[C@@H](C(=O)N1c1ccccc1Cl)C1c3ccccc3C2(CO)c2ccccc21. The number of benzene rings is 3. The van der Waals surface area contributed by atoms with E-state index >= 15 is 0 Å². The second kappa shape index (κ2) is 6.03. The van der Waals surface area contributed by atoms with Crippen molar-refractivity contribution < 1.29 is 14.7 Å². The zero-order chi connectivity index (χ0) is 20.6. The lowest BCUT2D eigenvalue weighted by Crippen LogP contribution is -2.55. The van der Waals surface area contributed by atoms with Crippen LogP contribution < -0.4 is 4.90 Å². The fraction of sp³-hybridized carbons (Fsp3) is 0.200. The molecule has 0 radical (unpaired) electrons. The highest BCUT2D eigenvalue weighted by Gasteiger charge is 2.68. The summed E-state index contributed by atoms with van der Waals surface area (Å²) in [5.41, 5.74) is 3.39. The minimum Gasteiger partial charge on any atom is -0.395 e. The fourth-order valence-corrected chi connectivity index (χ4v) is 6.29. The minimum absolute atomic E-state index is 0.222. The molecule has 5 heteroatoms. The maximum absolute atomic E-state index is 13.8. The van der Waals surface area contributed by atoms with Gasteiger partial charge in [-0.25, -0.2) is 4.90 Å². The monoisotopic (exact) mass is 415 g/mol. The molecule has 1 heterocycles. The van der Waals surface area contributed by atoms with Gasteiger partial charge in [0.2, 0.25) is 11.8 Å². The van der Waals surface area contributed by atoms with Gasteiger partial charge in [-0.15, -0.1) is 0 Å². The third-order valence-corrected chi connectivity index (χ3v) is 7.46. The van der Waals surface area contributed by atoms with Gasteiger partial charge in [-0.1, -0.05) is 72.3 Å². The fourth-order valence-electron chi connectivity index (χ4n) is 6.07. The van der Waals surface area contributed by atoms with Crippen LogP contribution in [0.15, 0.2) is 72.8 Å². The van der Waals surface area contributed by atoms with Gasteiger partial charge in [-0.2, -0.15) is 0 Å². The molecule has 0 spiro atoms. The maximum atomic E-state index is 13.8. The van der Waals surface area contributed by atoms with Gasteiger partial charge in [-0.05, 0) is 34.4 Å². The van der Waals surface area contributed by atoms with E-state index in [-0.39, 0.29) is 24.3 Å². The molecule has 4 nitrogen and oxygen atoms in total. The Morgan fingerprint density at radius 2 is 1.40 bits per heavy atom. The highest BCUT2D eigenvalue weighted by molar-refractivity contribution is 6.36. The molecule has 2 bridgehead atoms. The molecular weight excluding hydrogens is 398 g/mol. The highest BCUT2D eigenvalue weighted by Crippen LogP contribution is 2.64. The van der Waals surface area contributed by atoms with Crippen LogP contribution in [0.2, 0.25) is 5.02 Å². The zero-order valence-electron chi connectivity index (χ0n) is 16.0. The number of hydrogen-bond acceptors (Lipinski definition) is 3. The number of carbonyl (C=O) groups is 2. The number of para-hydroxylation sites is 1. The predicted octanol–water partition coefficient (Wildman–Crippen LogP) is 3.88. The van der Waals surface area contributed by atoms with Gasteiger partial charge >= 0.3 is 0 Å². The largest absolute Gasteiger partial charge is 0.395 e. The Hall–Kier alpha value is -2.95. The minimum atomic E-state index is -0.949. The van der Waals surface area contributed by atoms with Crippen LogP contribution in [0.25, 0.3) is 0 Å². The first kappa shape index (κ1) is 17.9. The van der Waals surface area contributed by atoms with E-state index in [2.05, 4.69) is 0 Å². The number of halogens is 1. The molecule has 1 saturated heterocycles. The molecule has 7 rings (SSSR count). The molecule has 0 unspecified atom stereocenters. The Kier molecular flexibility index (Phi) is 3.59. The van der Waals surface area contributed by atoms with Crippen molar-refractivity contribution in [2.75, 3.05) is 11.5 Å². The van der Waals surface area contributed by atoms with E-state index in [0.29, 0.717) is 10.7 Å². The smallest absolute Gasteiger partial charge is 0.239 e. The summed E-state index contributed by atoms with van der Waals surface area (Å²) in [6, 6.07) is 22.7. The Bertz CT molecular complexity index is 1190. The first-order chi connectivity index (χ1) is 14.6. The van der Waals surface area contributed by atoms with Gasteiger partial charge < -0.3 is 5.11 Å². The highest BCUT2D eigenvalue weighted by atomic mass is 35.5. The van der Waals surface area contributed by atoms with E-state index in [4.69, 9.17) is 11.6 Å². The first-order valence-electron chi connectivity index (χ1n) is 10.0. The summed E-state index contributed by atoms with van der Waals surface area (Å²) in [4.78, 5) is 28.8. The molecule has 1 aliphatic heterocycles. The van der Waals surface area contributed by atoms with Crippen molar-refractivity contribution >= 4 is 29.1 Å². The molecule has 2 atom stereocenters. The molecule has 2 amide bonds. The lowest BCUT2D eigenvalue weighted by atomic mass is 9.47. The second-order valence-electron chi connectivity index (χ2n) is 8.25. The number of amides is 2. The number of rotatable bonds is 2. The van der Waals surface area contributed by atoms with Crippen LogP contribution in [0.5, 0.6) is 0 Å². The Balaban J connectivity index is 1.66. The number of anilines is 1.